The minimum absolute atomic E-state index is 0.0367. The molecule has 4 fully saturated rings. The number of anilines is 2. The molecule has 0 aliphatic carbocycles. The number of benzene rings is 2. The van der Waals surface area contributed by atoms with E-state index in [1.807, 2.05) is 30.0 Å². The van der Waals surface area contributed by atoms with E-state index in [1.54, 1.807) is 12.3 Å². The highest BCUT2D eigenvalue weighted by Crippen LogP contribution is 2.48. The Morgan fingerprint density at radius 1 is 1.08 bits per heavy atom. The number of amides is 1. The molecule has 2 aromatic heterocycles. The third kappa shape index (κ3) is 6.20. The van der Waals surface area contributed by atoms with Gasteiger partial charge in [-0.2, -0.15) is 23.3 Å². The number of alkyl halides is 3. The van der Waals surface area contributed by atoms with E-state index in [2.05, 4.69) is 51.9 Å². The lowest BCUT2D eigenvalue weighted by Gasteiger charge is -2.54. The standard InChI is InChI=1S/C40H47F3N8O2/c1-6-26-17-29-35(36(53-23-40(41,42)43)34(26)33-24(4)9-12-31-30(33)18-44-47-31)45-38(49-19-28(20-49)51-25(5)10-11-27(51)7-2)46-37(29)48-15-13-39(14-16-48)21-50(22-39)32(52)8-3/h6,8-9,12,17-18,25,27-28H,1,3,7,10-11,13-16,19-23H2,2,4-5H3,(H,44,47). The number of aromatic amines is 1. The molecule has 13 heteroatoms. The quantitative estimate of drug-likeness (QED) is 0.182. The summed E-state index contributed by atoms with van der Waals surface area (Å²) < 4.78 is 48.0. The predicted molar refractivity (Wildman–Crippen MR) is 202 cm³/mol. The van der Waals surface area contributed by atoms with Crippen LogP contribution in [0.25, 0.3) is 39.0 Å². The molecule has 280 valence electrons. The fraction of sp³-hybridized carbons (Fsp3) is 0.500. The molecule has 8 rings (SSSR count). The number of carbonyl (C=O) groups is 1. The molecule has 4 aliphatic rings. The molecule has 0 saturated carbocycles. The van der Waals surface area contributed by atoms with E-state index in [4.69, 9.17) is 14.7 Å². The highest BCUT2D eigenvalue weighted by molar-refractivity contribution is 6.07. The summed E-state index contributed by atoms with van der Waals surface area (Å²) in [5.74, 6) is 1.17. The number of aryl methyl sites for hydroxylation is 1. The lowest BCUT2D eigenvalue weighted by atomic mass is 9.72. The largest absolute Gasteiger partial charge is 0.481 e. The average Bonchev–Trinajstić information content (AvgIpc) is 3.74. The first-order valence-corrected chi connectivity index (χ1v) is 18.7. The van der Waals surface area contributed by atoms with E-state index in [-0.39, 0.29) is 17.1 Å². The van der Waals surface area contributed by atoms with Crippen LogP contribution in [0.5, 0.6) is 5.75 Å². The maximum atomic E-state index is 14.0. The zero-order valence-electron chi connectivity index (χ0n) is 30.7. The molecule has 2 aromatic carbocycles. The van der Waals surface area contributed by atoms with E-state index >= 15 is 0 Å². The maximum Gasteiger partial charge on any atom is 0.422 e. The van der Waals surface area contributed by atoms with E-state index in [1.165, 1.54) is 18.9 Å². The van der Waals surface area contributed by atoms with Crippen LogP contribution in [0.3, 0.4) is 0 Å². The Labute approximate surface area is 307 Å². The first-order chi connectivity index (χ1) is 25.4. The van der Waals surface area contributed by atoms with E-state index < -0.39 is 12.8 Å². The van der Waals surface area contributed by atoms with E-state index in [0.29, 0.717) is 83.7 Å². The normalized spacial score (nSPS) is 22.0. The van der Waals surface area contributed by atoms with Crippen LogP contribution in [0.1, 0.15) is 57.1 Å². The number of rotatable bonds is 9. The molecule has 4 aliphatic heterocycles. The van der Waals surface area contributed by atoms with Crippen molar-refractivity contribution < 1.29 is 22.7 Å². The summed E-state index contributed by atoms with van der Waals surface area (Å²) in [6.45, 7) is 17.0. The molecular formula is C40H47F3N8O2. The number of nitrogens with zero attached hydrogens (tertiary/aromatic N) is 7. The van der Waals surface area contributed by atoms with Crippen molar-refractivity contribution in [2.24, 2.45) is 5.41 Å². The maximum absolute atomic E-state index is 14.0. The lowest BCUT2D eigenvalue weighted by molar-refractivity contribution is -0.153. The topological polar surface area (TPSA) is 93.7 Å². The van der Waals surface area contributed by atoms with Crippen LogP contribution >= 0.6 is 0 Å². The summed E-state index contributed by atoms with van der Waals surface area (Å²) in [5.41, 5.74) is 3.82. The first-order valence-electron chi connectivity index (χ1n) is 18.7. The fourth-order valence-corrected chi connectivity index (χ4v) is 9.31. The molecule has 4 aromatic rings. The van der Waals surface area contributed by atoms with Crippen molar-refractivity contribution in [3.05, 3.63) is 54.8 Å². The van der Waals surface area contributed by atoms with Crippen LogP contribution in [0, 0.1) is 12.3 Å². The Hall–Kier alpha value is -4.65. The van der Waals surface area contributed by atoms with Gasteiger partial charge in [0.2, 0.25) is 11.9 Å². The highest BCUT2D eigenvalue weighted by atomic mass is 19.4. The Morgan fingerprint density at radius 3 is 2.51 bits per heavy atom. The smallest absolute Gasteiger partial charge is 0.422 e. The number of hydrogen-bond acceptors (Lipinski definition) is 8. The van der Waals surface area contributed by atoms with Gasteiger partial charge in [0.1, 0.15) is 11.3 Å². The van der Waals surface area contributed by atoms with Crippen molar-refractivity contribution in [3.63, 3.8) is 0 Å². The summed E-state index contributed by atoms with van der Waals surface area (Å²) in [6.07, 6.45) is 5.33. The second-order valence-corrected chi connectivity index (χ2v) is 15.5. The third-order valence-electron chi connectivity index (χ3n) is 12.2. The zero-order valence-corrected chi connectivity index (χ0v) is 30.7. The number of piperidine rings is 1. The Balaban J connectivity index is 1.26. The summed E-state index contributed by atoms with van der Waals surface area (Å²) >= 11 is 0. The number of carbonyl (C=O) groups excluding carboxylic acids is 1. The number of ether oxygens (including phenoxy) is 1. The second-order valence-electron chi connectivity index (χ2n) is 15.5. The van der Waals surface area contributed by atoms with Crippen LogP contribution in [0.4, 0.5) is 24.9 Å². The van der Waals surface area contributed by atoms with Crippen molar-refractivity contribution in [2.45, 2.75) is 77.2 Å². The van der Waals surface area contributed by atoms with Crippen LogP contribution in [0.15, 0.2) is 43.6 Å². The number of aromatic nitrogens is 4. The first kappa shape index (κ1) is 35.4. The average molecular weight is 729 g/mol. The highest BCUT2D eigenvalue weighted by Gasteiger charge is 2.47. The molecule has 1 amide bonds. The van der Waals surface area contributed by atoms with Gasteiger partial charge < -0.3 is 19.4 Å². The number of nitrogens with one attached hydrogen (secondary N) is 1. The van der Waals surface area contributed by atoms with Crippen LogP contribution in [-0.4, -0.2) is 106 Å². The van der Waals surface area contributed by atoms with Crippen molar-refractivity contribution in [2.75, 3.05) is 55.7 Å². The molecule has 53 heavy (non-hydrogen) atoms. The van der Waals surface area contributed by atoms with Crippen LogP contribution in [-0.2, 0) is 4.79 Å². The second kappa shape index (κ2) is 13.3. The molecule has 2 atom stereocenters. The van der Waals surface area contributed by atoms with Gasteiger partial charge in [-0.25, -0.2) is 4.98 Å². The Kier molecular flexibility index (Phi) is 8.90. The molecule has 10 nitrogen and oxygen atoms in total. The lowest BCUT2D eigenvalue weighted by Crippen LogP contribution is -2.62. The van der Waals surface area contributed by atoms with Crippen molar-refractivity contribution >= 4 is 45.6 Å². The zero-order chi connectivity index (χ0) is 37.2. The van der Waals surface area contributed by atoms with Gasteiger partial charge in [-0.15, -0.1) is 0 Å². The van der Waals surface area contributed by atoms with Crippen molar-refractivity contribution in [1.29, 1.82) is 0 Å². The fourth-order valence-electron chi connectivity index (χ4n) is 9.31. The number of hydrogen-bond donors (Lipinski definition) is 1. The number of H-pyrrole nitrogens is 1. The van der Waals surface area contributed by atoms with E-state index in [9.17, 15) is 18.0 Å². The van der Waals surface area contributed by atoms with Crippen molar-refractivity contribution in [3.8, 4) is 16.9 Å². The van der Waals surface area contributed by atoms with Crippen LogP contribution < -0.4 is 14.5 Å². The molecule has 4 saturated heterocycles. The summed E-state index contributed by atoms with van der Waals surface area (Å²) in [7, 11) is 0. The molecular weight excluding hydrogens is 681 g/mol. The SMILES string of the molecule is C=CC(=O)N1CC2(CCN(c3nc(N4CC(N5C(C)CCC5CC)C4)nc4c(OCC(F)(F)F)c(-c5c(C)ccc6[nH]ncc56)c(C=C)cc34)CC2)C1. The van der Waals surface area contributed by atoms with Gasteiger partial charge in [-0.1, -0.05) is 32.2 Å². The third-order valence-corrected chi connectivity index (χ3v) is 12.2. The molecule has 2 unspecified atom stereocenters. The Morgan fingerprint density at radius 2 is 1.83 bits per heavy atom. The molecule has 1 spiro atoms. The van der Waals surface area contributed by atoms with Crippen LogP contribution in [0.2, 0.25) is 0 Å². The molecule has 1 N–H and O–H groups in total. The van der Waals surface area contributed by atoms with Gasteiger partial charge in [0, 0.05) is 79.1 Å². The molecule has 0 bridgehead atoms. The van der Waals surface area contributed by atoms with E-state index in [0.717, 1.165) is 48.8 Å². The number of halogens is 3. The summed E-state index contributed by atoms with van der Waals surface area (Å²) in [5, 5.41) is 8.63. The van der Waals surface area contributed by atoms with Gasteiger partial charge in [0.05, 0.1) is 11.7 Å². The summed E-state index contributed by atoms with van der Waals surface area (Å²) in [6, 6.07) is 7.19. The van der Waals surface area contributed by atoms with Crippen molar-refractivity contribution in [1.82, 2.24) is 30.0 Å². The molecule has 6 heterocycles. The monoisotopic (exact) mass is 728 g/mol. The predicted octanol–water partition coefficient (Wildman–Crippen LogP) is 7.13. The molecule has 0 radical (unpaired) electrons. The van der Waals surface area contributed by atoms with Gasteiger partial charge in [-0.05, 0) is 80.9 Å². The van der Waals surface area contributed by atoms with Gasteiger partial charge in [0.25, 0.3) is 0 Å². The van der Waals surface area contributed by atoms with Gasteiger partial charge in [0.15, 0.2) is 12.4 Å². The minimum atomic E-state index is -4.58. The minimum Gasteiger partial charge on any atom is -0.481 e. The summed E-state index contributed by atoms with van der Waals surface area (Å²) in [4.78, 5) is 31.4. The van der Waals surface area contributed by atoms with Gasteiger partial charge in [-0.3, -0.25) is 14.8 Å². The number of fused-ring (bicyclic) bond motifs is 2. The van der Waals surface area contributed by atoms with Gasteiger partial charge >= 0.3 is 6.18 Å². The number of likely N-dealkylation sites (tertiary alicyclic amines) is 2. The Bertz CT molecular complexity index is 2070.